The van der Waals surface area contributed by atoms with E-state index in [9.17, 15) is 14.4 Å². The van der Waals surface area contributed by atoms with E-state index in [0.29, 0.717) is 28.4 Å². The summed E-state index contributed by atoms with van der Waals surface area (Å²) in [5.41, 5.74) is 2.38. The average molecular weight is 413 g/mol. The van der Waals surface area contributed by atoms with Gasteiger partial charge in [0.15, 0.2) is 17.4 Å². The van der Waals surface area contributed by atoms with Crippen molar-refractivity contribution < 1.29 is 18.8 Å². The molecule has 0 saturated carbocycles. The number of furan rings is 1. The van der Waals surface area contributed by atoms with Gasteiger partial charge in [-0.1, -0.05) is 24.3 Å². The van der Waals surface area contributed by atoms with Crippen LogP contribution in [0.1, 0.15) is 44.0 Å². The molecular weight excluding hydrogens is 394 g/mol. The molecule has 0 aliphatic heterocycles. The molecule has 2 aromatic heterocycles. The topological polar surface area (TPSA) is 94.2 Å². The molecule has 7 heteroatoms. The summed E-state index contributed by atoms with van der Waals surface area (Å²) in [6.45, 7) is 1.51. The van der Waals surface area contributed by atoms with E-state index in [2.05, 4.69) is 10.3 Å². The summed E-state index contributed by atoms with van der Waals surface area (Å²) in [6, 6.07) is 16.8. The molecule has 0 bridgehead atoms. The molecule has 0 radical (unpaired) electrons. The molecular formula is C24H19N3O4. The third kappa shape index (κ3) is 4.20. The van der Waals surface area contributed by atoms with E-state index in [4.69, 9.17) is 4.42 Å². The van der Waals surface area contributed by atoms with Crippen molar-refractivity contribution in [1.82, 2.24) is 9.55 Å². The van der Waals surface area contributed by atoms with E-state index >= 15 is 0 Å². The monoisotopic (exact) mass is 413 g/mol. The van der Waals surface area contributed by atoms with Gasteiger partial charge >= 0.3 is 0 Å². The molecule has 0 atom stereocenters. The van der Waals surface area contributed by atoms with Crippen LogP contribution in [0.2, 0.25) is 0 Å². The zero-order valence-corrected chi connectivity index (χ0v) is 17.0. The molecule has 0 fully saturated rings. The maximum absolute atomic E-state index is 12.5. The van der Waals surface area contributed by atoms with Crippen LogP contribution in [0.4, 0.5) is 5.69 Å². The molecule has 2 aromatic carbocycles. The highest BCUT2D eigenvalue weighted by Crippen LogP contribution is 2.23. The van der Waals surface area contributed by atoms with Crippen LogP contribution in [0.25, 0.3) is 11.3 Å². The van der Waals surface area contributed by atoms with Gasteiger partial charge in [-0.25, -0.2) is 4.98 Å². The van der Waals surface area contributed by atoms with Gasteiger partial charge in [0, 0.05) is 41.8 Å². The van der Waals surface area contributed by atoms with Crippen molar-refractivity contribution in [3.63, 3.8) is 0 Å². The fourth-order valence-electron chi connectivity index (χ4n) is 3.10. The number of hydrogen-bond acceptors (Lipinski definition) is 5. The molecule has 0 saturated heterocycles. The highest BCUT2D eigenvalue weighted by atomic mass is 16.3. The third-order valence-corrected chi connectivity index (χ3v) is 4.83. The van der Waals surface area contributed by atoms with Crippen LogP contribution in [0.3, 0.4) is 0 Å². The number of benzene rings is 2. The Kier molecular flexibility index (Phi) is 5.32. The van der Waals surface area contributed by atoms with Crippen molar-refractivity contribution in [2.24, 2.45) is 7.05 Å². The smallest absolute Gasteiger partial charge is 0.291 e. The maximum atomic E-state index is 12.5. The number of Topliss-reactive ketones (excluding diaryl/α,β-unsaturated/α-hetero) is 1. The van der Waals surface area contributed by atoms with Gasteiger partial charge in [-0.15, -0.1) is 0 Å². The second kappa shape index (κ2) is 8.23. The summed E-state index contributed by atoms with van der Waals surface area (Å²) >= 11 is 0. The summed E-state index contributed by atoms with van der Waals surface area (Å²) in [7, 11) is 1.75. The Labute approximate surface area is 178 Å². The lowest BCUT2D eigenvalue weighted by Crippen LogP contribution is -2.12. The summed E-state index contributed by atoms with van der Waals surface area (Å²) in [4.78, 5) is 40.4. The molecule has 1 amide bonds. The van der Waals surface area contributed by atoms with E-state index in [-0.39, 0.29) is 17.3 Å². The molecule has 7 nitrogen and oxygen atoms in total. The Hall–Kier alpha value is -4.26. The molecule has 2 heterocycles. The van der Waals surface area contributed by atoms with E-state index in [1.54, 1.807) is 84.7 Å². The molecule has 1 N–H and O–H groups in total. The highest BCUT2D eigenvalue weighted by molar-refractivity contribution is 6.07. The number of nitrogens with one attached hydrogen (secondary N) is 1. The first-order chi connectivity index (χ1) is 14.9. The van der Waals surface area contributed by atoms with E-state index < -0.39 is 5.91 Å². The lowest BCUT2D eigenvalue weighted by molar-refractivity contribution is 0.0994. The number of ketones is 2. The predicted molar refractivity (Wildman–Crippen MR) is 115 cm³/mol. The number of aryl methyl sites for hydroxylation is 1. The van der Waals surface area contributed by atoms with Crippen molar-refractivity contribution in [3.8, 4) is 11.3 Å². The zero-order valence-electron chi connectivity index (χ0n) is 17.0. The van der Waals surface area contributed by atoms with Gasteiger partial charge in [-0.2, -0.15) is 0 Å². The normalized spacial score (nSPS) is 10.6. The predicted octanol–water partition coefficient (Wildman–Crippen LogP) is 4.37. The molecule has 0 aliphatic carbocycles. The summed E-state index contributed by atoms with van der Waals surface area (Å²) in [5.74, 6) is 0.400. The third-order valence-electron chi connectivity index (χ3n) is 4.83. The number of carbonyl (C=O) groups excluding carboxylic acids is 3. The van der Waals surface area contributed by atoms with Crippen LogP contribution in [0, 0.1) is 0 Å². The van der Waals surface area contributed by atoms with E-state index in [1.807, 2.05) is 0 Å². The van der Waals surface area contributed by atoms with Crippen molar-refractivity contribution in [3.05, 3.63) is 95.8 Å². The SMILES string of the molecule is CC(=O)c1ccc(-c2ccc(C(=O)Nc3ccc(C(=O)c4nccn4C)cc3)o2)cc1. The van der Waals surface area contributed by atoms with Gasteiger partial charge in [0.05, 0.1) is 0 Å². The minimum atomic E-state index is -0.408. The summed E-state index contributed by atoms with van der Waals surface area (Å²) < 4.78 is 7.32. The number of nitrogens with zero attached hydrogens (tertiary/aromatic N) is 2. The first kappa shape index (κ1) is 20.0. The first-order valence-electron chi connectivity index (χ1n) is 9.57. The van der Waals surface area contributed by atoms with E-state index in [1.165, 1.54) is 6.92 Å². The van der Waals surface area contributed by atoms with E-state index in [0.717, 1.165) is 5.56 Å². The number of rotatable bonds is 6. The number of carbonyl (C=O) groups is 3. The number of imidazole rings is 1. The minimum Gasteiger partial charge on any atom is -0.451 e. The number of anilines is 1. The van der Waals surface area contributed by atoms with Crippen molar-refractivity contribution in [2.45, 2.75) is 6.92 Å². The largest absolute Gasteiger partial charge is 0.451 e. The van der Waals surface area contributed by atoms with Gasteiger partial charge in [0.2, 0.25) is 5.78 Å². The molecule has 0 unspecified atom stereocenters. The Morgan fingerprint density at radius 3 is 2.19 bits per heavy atom. The number of aromatic nitrogens is 2. The Morgan fingerprint density at radius 2 is 1.58 bits per heavy atom. The molecule has 4 aromatic rings. The summed E-state index contributed by atoms with van der Waals surface area (Å²) in [5, 5.41) is 2.75. The number of amides is 1. The van der Waals surface area contributed by atoms with Gasteiger partial charge in [-0.3, -0.25) is 14.4 Å². The van der Waals surface area contributed by atoms with Gasteiger partial charge < -0.3 is 14.3 Å². The van der Waals surface area contributed by atoms with Crippen molar-refractivity contribution in [2.75, 3.05) is 5.32 Å². The highest BCUT2D eigenvalue weighted by Gasteiger charge is 2.15. The van der Waals surface area contributed by atoms with Crippen LogP contribution in [0.15, 0.2) is 77.5 Å². The molecule has 4 rings (SSSR count). The van der Waals surface area contributed by atoms with Crippen molar-refractivity contribution in [1.29, 1.82) is 0 Å². The quantitative estimate of drug-likeness (QED) is 0.474. The van der Waals surface area contributed by atoms with Crippen LogP contribution in [-0.2, 0) is 7.05 Å². The summed E-state index contributed by atoms with van der Waals surface area (Å²) in [6.07, 6.45) is 3.27. The fourth-order valence-corrected chi connectivity index (χ4v) is 3.10. The first-order valence-corrected chi connectivity index (χ1v) is 9.57. The van der Waals surface area contributed by atoms with Crippen LogP contribution < -0.4 is 5.32 Å². The number of hydrogen-bond donors (Lipinski definition) is 1. The van der Waals surface area contributed by atoms with Gasteiger partial charge in [0.25, 0.3) is 5.91 Å². The molecule has 0 spiro atoms. The standard InChI is InChI=1S/C24H19N3O4/c1-15(28)16-3-5-17(6-4-16)20-11-12-21(31-20)24(30)26-19-9-7-18(8-10-19)22(29)23-25-13-14-27(23)2/h3-14H,1-2H3,(H,26,30). The molecule has 154 valence electrons. The lowest BCUT2D eigenvalue weighted by Gasteiger charge is -2.05. The van der Waals surface area contributed by atoms with Crippen LogP contribution in [-0.4, -0.2) is 27.0 Å². The Balaban J connectivity index is 1.44. The minimum absolute atomic E-state index is 0.0151. The Bertz CT molecular complexity index is 1260. The lowest BCUT2D eigenvalue weighted by atomic mass is 10.1. The molecule has 31 heavy (non-hydrogen) atoms. The Morgan fingerprint density at radius 1 is 0.903 bits per heavy atom. The average Bonchev–Trinajstić information content (AvgIpc) is 3.43. The zero-order chi connectivity index (χ0) is 22.0. The van der Waals surface area contributed by atoms with Gasteiger partial charge in [0.1, 0.15) is 5.76 Å². The molecule has 0 aliphatic rings. The second-order valence-corrected chi connectivity index (χ2v) is 7.02. The fraction of sp³-hybridized carbons (Fsp3) is 0.0833. The van der Waals surface area contributed by atoms with Crippen LogP contribution >= 0.6 is 0 Å². The van der Waals surface area contributed by atoms with Gasteiger partial charge in [-0.05, 0) is 43.3 Å². The van der Waals surface area contributed by atoms with Crippen LogP contribution in [0.5, 0.6) is 0 Å². The van der Waals surface area contributed by atoms with Crippen molar-refractivity contribution >= 4 is 23.2 Å². The second-order valence-electron chi connectivity index (χ2n) is 7.02. The maximum Gasteiger partial charge on any atom is 0.291 e.